The number of hydrogen-bond donors (Lipinski definition) is 1. The minimum atomic E-state index is 0.485. The second-order valence-electron chi connectivity index (χ2n) is 4.86. The molecule has 20 heavy (non-hydrogen) atoms. The predicted octanol–water partition coefficient (Wildman–Crippen LogP) is 4.43. The number of pyridine rings is 1. The van der Waals surface area contributed by atoms with Crippen LogP contribution in [0, 0.1) is 0 Å². The van der Waals surface area contributed by atoms with Crippen molar-refractivity contribution in [1.82, 2.24) is 10.3 Å². The molecule has 1 saturated carbocycles. The largest absolute Gasteiger partial charge is 0.454 e. The molecule has 1 aromatic carbocycles. The van der Waals surface area contributed by atoms with E-state index in [1.165, 1.54) is 12.8 Å². The molecule has 0 bridgehead atoms. The van der Waals surface area contributed by atoms with Gasteiger partial charge >= 0.3 is 0 Å². The van der Waals surface area contributed by atoms with Crippen molar-refractivity contribution >= 4 is 23.2 Å². The zero-order valence-corrected chi connectivity index (χ0v) is 12.3. The van der Waals surface area contributed by atoms with E-state index in [1.807, 2.05) is 12.3 Å². The van der Waals surface area contributed by atoms with Gasteiger partial charge in [0.05, 0.1) is 11.2 Å². The van der Waals surface area contributed by atoms with Crippen molar-refractivity contribution < 1.29 is 4.74 Å². The molecule has 5 heteroatoms. The molecule has 0 radical (unpaired) electrons. The molecule has 1 aliphatic rings. The van der Waals surface area contributed by atoms with Gasteiger partial charge in [0.15, 0.2) is 0 Å². The van der Waals surface area contributed by atoms with Gasteiger partial charge in [-0.25, -0.2) is 0 Å². The third-order valence-corrected chi connectivity index (χ3v) is 3.59. The molecule has 1 heterocycles. The van der Waals surface area contributed by atoms with Crippen LogP contribution in [0.15, 0.2) is 36.7 Å². The van der Waals surface area contributed by atoms with E-state index in [9.17, 15) is 0 Å². The molecule has 104 valence electrons. The average Bonchev–Trinajstić information content (AvgIpc) is 3.24. The Morgan fingerprint density at radius 2 is 2.05 bits per heavy atom. The summed E-state index contributed by atoms with van der Waals surface area (Å²) in [6, 6.07) is 7.79. The first-order valence-corrected chi connectivity index (χ1v) is 7.26. The van der Waals surface area contributed by atoms with Crippen LogP contribution in [0.25, 0.3) is 0 Å². The lowest BCUT2D eigenvalue weighted by Crippen LogP contribution is -2.15. The van der Waals surface area contributed by atoms with Crippen LogP contribution in [0.2, 0.25) is 10.0 Å². The number of hydrogen-bond acceptors (Lipinski definition) is 3. The van der Waals surface area contributed by atoms with Crippen LogP contribution in [0.4, 0.5) is 0 Å². The smallest absolute Gasteiger partial charge is 0.146 e. The fraction of sp³-hybridized carbons (Fsp3) is 0.267. The fourth-order valence-corrected chi connectivity index (χ4v) is 2.30. The van der Waals surface area contributed by atoms with E-state index in [4.69, 9.17) is 27.9 Å². The standard InChI is InChI=1S/C15H14Cl2N2O/c16-11-1-4-15(14(17)6-11)20-13-5-10(7-18-9-13)8-19-12-2-3-12/h1,4-7,9,12,19H,2-3,8H2. The maximum absolute atomic E-state index is 6.09. The summed E-state index contributed by atoms with van der Waals surface area (Å²) in [6.07, 6.45) is 6.05. The zero-order valence-electron chi connectivity index (χ0n) is 10.8. The first-order chi connectivity index (χ1) is 9.70. The van der Waals surface area contributed by atoms with E-state index in [2.05, 4.69) is 10.3 Å². The summed E-state index contributed by atoms with van der Waals surface area (Å²) < 4.78 is 5.75. The Kier molecular flexibility index (Phi) is 4.10. The number of aromatic nitrogens is 1. The minimum Gasteiger partial charge on any atom is -0.454 e. The molecule has 0 aliphatic heterocycles. The van der Waals surface area contributed by atoms with Gasteiger partial charge in [-0.2, -0.15) is 0 Å². The van der Waals surface area contributed by atoms with Crippen molar-refractivity contribution in [2.24, 2.45) is 0 Å². The van der Waals surface area contributed by atoms with Gasteiger partial charge in [0.25, 0.3) is 0 Å². The van der Waals surface area contributed by atoms with Crippen LogP contribution in [-0.4, -0.2) is 11.0 Å². The molecule has 0 spiro atoms. The number of nitrogens with one attached hydrogen (secondary N) is 1. The maximum atomic E-state index is 6.09. The van der Waals surface area contributed by atoms with Crippen molar-refractivity contribution in [3.63, 3.8) is 0 Å². The second-order valence-corrected chi connectivity index (χ2v) is 5.70. The number of nitrogens with zero attached hydrogens (tertiary/aromatic N) is 1. The third kappa shape index (κ3) is 3.63. The van der Waals surface area contributed by atoms with E-state index in [-0.39, 0.29) is 0 Å². The van der Waals surface area contributed by atoms with Crippen molar-refractivity contribution in [3.05, 3.63) is 52.3 Å². The summed E-state index contributed by atoms with van der Waals surface area (Å²) in [6.45, 7) is 0.809. The predicted molar refractivity (Wildman–Crippen MR) is 80.6 cm³/mol. The van der Waals surface area contributed by atoms with E-state index >= 15 is 0 Å². The molecule has 3 nitrogen and oxygen atoms in total. The van der Waals surface area contributed by atoms with Crippen molar-refractivity contribution in [3.8, 4) is 11.5 Å². The number of ether oxygens (including phenoxy) is 1. The first-order valence-electron chi connectivity index (χ1n) is 6.51. The molecule has 1 aromatic heterocycles. The average molecular weight is 309 g/mol. The molecular weight excluding hydrogens is 295 g/mol. The Balaban J connectivity index is 1.70. The van der Waals surface area contributed by atoms with Gasteiger partial charge in [0.2, 0.25) is 0 Å². The molecule has 3 rings (SSSR count). The minimum absolute atomic E-state index is 0.485. The summed E-state index contributed by atoms with van der Waals surface area (Å²) in [5, 5.41) is 4.51. The summed E-state index contributed by atoms with van der Waals surface area (Å²) in [5.74, 6) is 1.24. The van der Waals surface area contributed by atoms with Crippen molar-refractivity contribution in [2.45, 2.75) is 25.4 Å². The second kappa shape index (κ2) is 6.00. The molecule has 1 fully saturated rings. The highest BCUT2D eigenvalue weighted by atomic mass is 35.5. The lowest BCUT2D eigenvalue weighted by Gasteiger charge is -2.09. The molecule has 0 saturated heterocycles. The molecule has 0 atom stereocenters. The summed E-state index contributed by atoms with van der Waals surface area (Å²) in [7, 11) is 0. The van der Waals surface area contributed by atoms with Crippen molar-refractivity contribution in [1.29, 1.82) is 0 Å². The van der Waals surface area contributed by atoms with Gasteiger partial charge in [-0.3, -0.25) is 4.98 Å². The summed E-state index contributed by atoms with van der Waals surface area (Å²) >= 11 is 11.9. The SMILES string of the molecule is Clc1ccc(Oc2cncc(CNC3CC3)c2)c(Cl)c1. The molecule has 0 amide bonds. The molecule has 1 N–H and O–H groups in total. The monoisotopic (exact) mass is 308 g/mol. The summed E-state index contributed by atoms with van der Waals surface area (Å²) in [4.78, 5) is 4.19. The van der Waals surface area contributed by atoms with Crippen LogP contribution in [-0.2, 0) is 6.54 Å². The van der Waals surface area contributed by atoms with E-state index in [1.54, 1.807) is 24.4 Å². The number of halogens is 2. The van der Waals surface area contributed by atoms with Crippen LogP contribution in [0.1, 0.15) is 18.4 Å². The normalized spacial score (nSPS) is 14.3. The van der Waals surface area contributed by atoms with Crippen LogP contribution < -0.4 is 10.1 Å². The van der Waals surface area contributed by atoms with Crippen LogP contribution in [0.3, 0.4) is 0 Å². The van der Waals surface area contributed by atoms with E-state index in [0.29, 0.717) is 27.6 Å². The van der Waals surface area contributed by atoms with Gasteiger partial charge < -0.3 is 10.1 Å². The number of rotatable bonds is 5. The maximum Gasteiger partial charge on any atom is 0.146 e. The van der Waals surface area contributed by atoms with Crippen LogP contribution in [0.5, 0.6) is 11.5 Å². The Labute approximate surface area is 127 Å². The zero-order chi connectivity index (χ0) is 13.9. The lowest BCUT2D eigenvalue weighted by molar-refractivity contribution is 0.479. The fourth-order valence-electron chi connectivity index (χ4n) is 1.85. The quantitative estimate of drug-likeness (QED) is 0.887. The highest BCUT2D eigenvalue weighted by Gasteiger charge is 2.20. The Morgan fingerprint density at radius 1 is 1.20 bits per heavy atom. The van der Waals surface area contributed by atoms with Gasteiger partial charge in [-0.1, -0.05) is 23.2 Å². The van der Waals surface area contributed by atoms with E-state index in [0.717, 1.165) is 12.1 Å². The third-order valence-electron chi connectivity index (χ3n) is 3.06. The summed E-state index contributed by atoms with van der Waals surface area (Å²) in [5.41, 5.74) is 1.10. The molecule has 2 aromatic rings. The Morgan fingerprint density at radius 3 is 2.80 bits per heavy atom. The van der Waals surface area contributed by atoms with Crippen molar-refractivity contribution in [2.75, 3.05) is 0 Å². The van der Waals surface area contributed by atoms with Crippen LogP contribution >= 0.6 is 23.2 Å². The van der Waals surface area contributed by atoms with Gasteiger partial charge in [0, 0.05) is 23.8 Å². The molecule has 0 unspecified atom stereocenters. The molecule has 1 aliphatic carbocycles. The topological polar surface area (TPSA) is 34.1 Å². The molecular formula is C15H14Cl2N2O. The van der Waals surface area contributed by atoms with Gasteiger partial charge in [0.1, 0.15) is 11.5 Å². The number of benzene rings is 1. The first kappa shape index (κ1) is 13.7. The highest BCUT2D eigenvalue weighted by Crippen LogP contribution is 2.31. The van der Waals surface area contributed by atoms with Gasteiger partial charge in [-0.15, -0.1) is 0 Å². The van der Waals surface area contributed by atoms with Gasteiger partial charge in [-0.05, 0) is 42.7 Å². The Bertz CT molecular complexity index is 615. The Hall–Kier alpha value is -1.29. The van der Waals surface area contributed by atoms with E-state index < -0.39 is 0 Å². The lowest BCUT2D eigenvalue weighted by atomic mass is 10.2. The highest BCUT2D eigenvalue weighted by molar-refractivity contribution is 6.35.